The van der Waals surface area contributed by atoms with Crippen LogP contribution in [0.1, 0.15) is 36.9 Å². The number of hydrogen-bond acceptors (Lipinski definition) is 4. The summed E-state index contributed by atoms with van der Waals surface area (Å²) in [6.45, 7) is 3.13. The SMILES string of the molecule is CNC1c2ccc(OC)cc2CCC1SC1CCOC1C. The van der Waals surface area contributed by atoms with Gasteiger partial charge in [-0.15, -0.1) is 0 Å². The molecule has 1 aromatic carbocycles. The number of nitrogens with one attached hydrogen (secondary N) is 1. The van der Waals surface area contributed by atoms with Crippen molar-refractivity contribution in [2.24, 2.45) is 0 Å². The topological polar surface area (TPSA) is 30.5 Å². The molecule has 21 heavy (non-hydrogen) atoms. The molecule has 3 rings (SSSR count). The standard InChI is InChI=1S/C17H25NO2S/c1-11-15(8-9-20-11)21-16-7-4-12-10-13(19-3)5-6-14(12)17(16)18-2/h5-6,10-11,15-18H,4,7-9H2,1-3H3. The Morgan fingerprint density at radius 3 is 2.81 bits per heavy atom. The van der Waals surface area contributed by atoms with Crippen molar-refractivity contribution in [3.63, 3.8) is 0 Å². The fourth-order valence-electron chi connectivity index (χ4n) is 3.50. The zero-order valence-electron chi connectivity index (χ0n) is 13.1. The van der Waals surface area contributed by atoms with Gasteiger partial charge in [-0.3, -0.25) is 0 Å². The van der Waals surface area contributed by atoms with Gasteiger partial charge in [-0.1, -0.05) is 6.07 Å². The van der Waals surface area contributed by atoms with Crippen molar-refractivity contribution in [1.82, 2.24) is 5.32 Å². The van der Waals surface area contributed by atoms with Crippen LogP contribution >= 0.6 is 11.8 Å². The molecule has 4 atom stereocenters. The lowest BCUT2D eigenvalue weighted by molar-refractivity contribution is 0.127. The van der Waals surface area contributed by atoms with E-state index in [4.69, 9.17) is 9.47 Å². The van der Waals surface area contributed by atoms with E-state index < -0.39 is 0 Å². The minimum atomic E-state index is 0.393. The van der Waals surface area contributed by atoms with Crippen molar-refractivity contribution in [2.45, 2.75) is 48.8 Å². The summed E-state index contributed by atoms with van der Waals surface area (Å²) in [5.74, 6) is 0.965. The Bertz CT molecular complexity index is 494. The number of benzene rings is 1. The molecule has 1 aliphatic carbocycles. The number of rotatable bonds is 4. The molecule has 0 amide bonds. The van der Waals surface area contributed by atoms with Crippen LogP contribution in [0, 0.1) is 0 Å². The van der Waals surface area contributed by atoms with Gasteiger partial charge < -0.3 is 14.8 Å². The second-order valence-electron chi connectivity index (χ2n) is 5.95. The van der Waals surface area contributed by atoms with Crippen molar-refractivity contribution in [3.8, 4) is 5.75 Å². The van der Waals surface area contributed by atoms with Gasteiger partial charge in [-0.25, -0.2) is 0 Å². The van der Waals surface area contributed by atoms with Crippen LogP contribution in [0.2, 0.25) is 0 Å². The Balaban J connectivity index is 1.78. The van der Waals surface area contributed by atoms with Gasteiger partial charge in [-0.05, 0) is 56.5 Å². The van der Waals surface area contributed by atoms with Gasteiger partial charge in [0, 0.05) is 23.1 Å². The van der Waals surface area contributed by atoms with E-state index in [1.165, 1.54) is 24.0 Å². The van der Waals surface area contributed by atoms with Gasteiger partial charge in [0.05, 0.1) is 13.2 Å². The average molecular weight is 307 g/mol. The first-order chi connectivity index (χ1) is 10.2. The van der Waals surface area contributed by atoms with Crippen molar-refractivity contribution in [3.05, 3.63) is 29.3 Å². The molecular formula is C17H25NO2S. The first-order valence-electron chi connectivity index (χ1n) is 7.84. The summed E-state index contributed by atoms with van der Waals surface area (Å²) in [4.78, 5) is 0. The molecule has 4 unspecified atom stereocenters. The van der Waals surface area contributed by atoms with Crippen molar-refractivity contribution < 1.29 is 9.47 Å². The van der Waals surface area contributed by atoms with Crippen LogP contribution < -0.4 is 10.1 Å². The summed E-state index contributed by atoms with van der Waals surface area (Å²) >= 11 is 2.12. The third-order valence-electron chi connectivity index (χ3n) is 4.72. The van der Waals surface area contributed by atoms with Crippen molar-refractivity contribution in [1.29, 1.82) is 0 Å². The maximum atomic E-state index is 5.72. The second kappa shape index (κ2) is 6.59. The van der Waals surface area contributed by atoms with Gasteiger partial charge in [0.2, 0.25) is 0 Å². The number of ether oxygens (including phenoxy) is 2. The lowest BCUT2D eigenvalue weighted by Crippen LogP contribution is -2.34. The molecule has 1 aromatic rings. The molecule has 1 fully saturated rings. The summed E-state index contributed by atoms with van der Waals surface area (Å²) in [5.41, 5.74) is 2.87. The van der Waals surface area contributed by atoms with Gasteiger partial charge >= 0.3 is 0 Å². The molecule has 0 spiro atoms. The molecule has 1 aliphatic heterocycles. The van der Waals surface area contributed by atoms with E-state index in [0.29, 0.717) is 22.6 Å². The average Bonchev–Trinajstić information content (AvgIpc) is 2.91. The Morgan fingerprint density at radius 2 is 2.14 bits per heavy atom. The number of thioether (sulfide) groups is 1. The quantitative estimate of drug-likeness (QED) is 0.925. The van der Waals surface area contributed by atoms with E-state index in [9.17, 15) is 0 Å². The van der Waals surface area contributed by atoms with E-state index in [1.807, 2.05) is 0 Å². The number of methoxy groups -OCH3 is 1. The summed E-state index contributed by atoms with van der Waals surface area (Å²) in [6.07, 6.45) is 3.95. The third kappa shape index (κ3) is 3.08. The van der Waals surface area contributed by atoms with E-state index in [0.717, 1.165) is 18.8 Å². The van der Waals surface area contributed by atoms with Crippen molar-refractivity contribution >= 4 is 11.8 Å². The van der Waals surface area contributed by atoms with E-state index in [-0.39, 0.29) is 0 Å². The Morgan fingerprint density at radius 1 is 1.29 bits per heavy atom. The summed E-state index contributed by atoms with van der Waals surface area (Å²) in [6, 6.07) is 6.94. The number of hydrogen-bond donors (Lipinski definition) is 1. The second-order valence-corrected chi connectivity index (χ2v) is 7.43. The fourth-order valence-corrected chi connectivity index (χ4v) is 5.17. The van der Waals surface area contributed by atoms with Crippen LogP contribution in [-0.2, 0) is 11.2 Å². The van der Waals surface area contributed by atoms with E-state index >= 15 is 0 Å². The highest BCUT2D eigenvalue weighted by molar-refractivity contribution is 8.00. The minimum Gasteiger partial charge on any atom is -0.497 e. The van der Waals surface area contributed by atoms with Crippen molar-refractivity contribution in [2.75, 3.05) is 20.8 Å². The highest BCUT2D eigenvalue weighted by Crippen LogP contribution is 2.42. The van der Waals surface area contributed by atoms with Gasteiger partial charge in [-0.2, -0.15) is 11.8 Å². The summed E-state index contributed by atoms with van der Waals surface area (Å²) < 4.78 is 11.1. The zero-order chi connectivity index (χ0) is 14.8. The highest BCUT2D eigenvalue weighted by Gasteiger charge is 2.34. The normalized spacial score (nSPS) is 32.0. The van der Waals surface area contributed by atoms with E-state index in [1.54, 1.807) is 7.11 Å². The molecule has 2 aliphatic rings. The third-order valence-corrected chi connectivity index (χ3v) is 6.55. The van der Waals surface area contributed by atoms with Gasteiger partial charge in [0.1, 0.15) is 5.75 Å². The molecule has 4 heteroatoms. The van der Waals surface area contributed by atoms with Crippen LogP contribution in [-0.4, -0.2) is 37.4 Å². The van der Waals surface area contributed by atoms with Crippen LogP contribution in [0.25, 0.3) is 0 Å². The lowest BCUT2D eigenvalue weighted by Gasteiger charge is -2.35. The number of fused-ring (bicyclic) bond motifs is 1. The smallest absolute Gasteiger partial charge is 0.119 e. The first-order valence-corrected chi connectivity index (χ1v) is 8.78. The summed E-state index contributed by atoms with van der Waals surface area (Å²) in [7, 11) is 3.81. The molecule has 1 saturated heterocycles. The summed E-state index contributed by atoms with van der Waals surface area (Å²) in [5, 5.41) is 4.81. The first kappa shape index (κ1) is 15.2. The predicted molar refractivity (Wildman–Crippen MR) is 88.3 cm³/mol. The zero-order valence-corrected chi connectivity index (χ0v) is 13.9. The molecule has 0 bridgehead atoms. The Hall–Kier alpha value is -0.710. The van der Waals surface area contributed by atoms with Gasteiger partial charge in [0.25, 0.3) is 0 Å². The molecule has 1 heterocycles. The maximum Gasteiger partial charge on any atom is 0.119 e. The molecule has 116 valence electrons. The van der Waals surface area contributed by atoms with Crippen LogP contribution in [0.3, 0.4) is 0 Å². The molecule has 1 N–H and O–H groups in total. The van der Waals surface area contributed by atoms with Crippen LogP contribution in [0.4, 0.5) is 0 Å². The number of aryl methyl sites for hydroxylation is 1. The monoisotopic (exact) mass is 307 g/mol. The lowest BCUT2D eigenvalue weighted by atomic mass is 9.87. The van der Waals surface area contributed by atoms with Gasteiger partial charge in [0.15, 0.2) is 0 Å². The molecule has 0 aromatic heterocycles. The molecule has 0 radical (unpaired) electrons. The predicted octanol–water partition coefficient (Wildman–Crippen LogP) is 3.18. The van der Waals surface area contributed by atoms with E-state index in [2.05, 4.69) is 49.2 Å². The molecule has 3 nitrogen and oxygen atoms in total. The largest absolute Gasteiger partial charge is 0.497 e. The molecule has 0 saturated carbocycles. The highest BCUT2D eigenvalue weighted by atomic mass is 32.2. The Kier molecular flexibility index (Phi) is 4.77. The minimum absolute atomic E-state index is 0.393. The van der Waals surface area contributed by atoms with Crippen LogP contribution in [0.5, 0.6) is 5.75 Å². The molecular weight excluding hydrogens is 282 g/mol. The maximum absolute atomic E-state index is 5.72. The Labute approximate surface area is 131 Å². The van der Waals surface area contributed by atoms with Crippen LogP contribution in [0.15, 0.2) is 18.2 Å². The fraction of sp³-hybridized carbons (Fsp3) is 0.647.